The molecule has 0 bridgehead atoms. The standard InChI is InChI=1S/C13H16FNO/c1-3-15-11(9-16-4-2)8-10-6-5-7-12(14)13(10)15/h5-8H,3-4,9H2,1-2H3. The third-order valence-corrected chi connectivity index (χ3v) is 2.73. The SMILES string of the molecule is CCOCc1cc2cccc(F)c2n1CC. The predicted octanol–water partition coefficient (Wildman–Crippen LogP) is 3.34. The normalized spacial score (nSPS) is 11.2. The van der Waals surface area contributed by atoms with Gasteiger partial charge in [0.05, 0.1) is 12.1 Å². The van der Waals surface area contributed by atoms with Crippen molar-refractivity contribution in [1.82, 2.24) is 4.57 Å². The summed E-state index contributed by atoms with van der Waals surface area (Å²) in [5.74, 6) is -0.165. The van der Waals surface area contributed by atoms with Crippen molar-refractivity contribution in [3.05, 3.63) is 35.8 Å². The highest BCUT2D eigenvalue weighted by Crippen LogP contribution is 2.23. The maximum atomic E-state index is 13.7. The molecule has 3 heteroatoms. The molecule has 0 atom stereocenters. The smallest absolute Gasteiger partial charge is 0.147 e. The lowest BCUT2D eigenvalue weighted by atomic mass is 10.2. The van der Waals surface area contributed by atoms with Gasteiger partial charge in [-0.3, -0.25) is 0 Å². The van der Waals surface area contributed by atoms with Crippen molar-refractivity contribution in [1.29, 1.82) is 0 Å². The summed E-state index contributed by atoms with van der Waals surface area (Å²) in [4.78, 5) is 0. The molecule has 0 spiro atoms. The van der Waals surface area contributed by atoms with Crippen molar-refractivity contribution in [3.63, 3.8) is 0 Å². The summed E-state index contributed by atoms with van der Waals surface area (Å²) in [6.07, 6.45) is 0. The van der Waals surface area contributed by atoms with Crippen LogP contribution < -0.4 is 0 Å². The second kappa shape index (κ2) is 4.66. The number of ether oxygens (including phenoxy) is 1. The first-order valence-electron chi connectivity index (χ1n) is 5.62. The van der Waals surface area contributed by atoms with Gasteiger partial charge in [-0.2, -0.15) is 0 Å². The minimum Gasteiger partial charge on any atom is -0.376 e. The van der Waals surface area contributed by atoms with E-state index in [4.69, 9.17) is 4.74 Å². The van der Waals surface area contributed by atoms with Crippen molar-refractivity contribution in [2.75, 3.05) is 6.61 Å². The zero-order valence-electron chi connectivity index (χ0n) is 9.66. The van der Waals surface area contributed by atoms with E-state index in [0.29, 0.717) is 18.7 Å². The number of nitrogens with zero attached hydrogens (tertiary/aromatic N) is 1. The summed E-state index contributed by atoms with van der Waals surface area (Å²) < 4.78 is 21.1. The molecule has 0 saturated carbocycles. The average molecular weight is 221 g/mol. The number of aromatic nitrogens is 1. The molecule has 1 heterocycles. The predicted molar refractivity (Wildman–Crippen MR) is 62.9 cm³/mol. The lowest BCUT2D eigenvalue weighted by Gasteiger charge is -2.08. The molecule has 1 aromatic carbocycles. The number of hydrogen-bond donors (Lipinski definition) is 0. The summed E-state index contributed by atoms with van der Waals surface area (Å²) in [6.45, 7) is 5.94. The highest BCUT2D eigenvalue weighted by Gasteiger charge is 2.10. The Morgan fingerprint density at radius 1 is 1.31 bits per heavy atom. The molecule has 0 aliphatic rings. The van der Waals surface area contributed by atoms with E-state index in [1.54, 1.807) is 6.07 Å². The first-order chi connectivity index (χ1) is 7.77. The van der Waals surface area contributed by atoms with E-state index in [0.717, 1.165) is 17.6 Å². The van der Waals surface area contributed by atoms with Crippen molar-refractivity contribution >= 4 is 10.9 Å². The number of rotatable bonds is 4. The summed E-state index contributed by atoms with van der Waals surface area (Å²) in [5, 5.41) is 0.941. The zero-order chi connectivity index (χ0) is 11.5. The second-order valence-corrected chi connectivity index (χ2v) is 3.69. The van der Waals surface area contributed by atoms with E-state index in [1.807, 2.05) is 30.5 Å². The third kappa shape index (κ3) is 1.83. The summed E-state index contributed by atoms with van der Waals surface area (Å²) in [7, 11) is 0. The molecule has 2 rings (SSSR count). The Bertz CT molecular complexity index is 490. The molecule has 86 valence electrons. The monoisotopic (exact) mass is 221 g/mol. The summed E-state index contributed by atoms with van der Waals surface area (Å²) >= 11 is 0. The van der Waals surface area contributed by atoms with Gasteiger partial charge in [0, 0.05) is 24.2 Å². The van der Waals surface area contributed by atoms with Crippen LogP contribution in [0.15, 0.2) is 24.3 Å². The molecule has 2 aromatic rings. The maximum Gasteiger partial charge on any atom is 0.147 e. The van der Waals surface area contributed by atoms with Gasteiger partial charge in [0.25, 0.3) is 0 Å². The van der Waals surface area contributed by atoms with Crippen LogP contribution >= 0.6 is 0 Å². The largest absolute Gasteiger partial charge is 0.376 e. The maximum absolute atomic E-state index is 13.7. The molecule has 0 radical (unpaired) electrons. The van der Waals surface area contributed by atoms with Gasteiger partial charge in [0.1, 0.15) is 5.82 Å². The van der Waals surface area contributed by atoms with E-state index in [1.165, 1.54) is 6.07 Å². The minimum atomic E-state index is -0.165. The van der Waals surface area contributed by atoms with Crippen LogP contribution in [-0.2, 0) is 17.9 Å². The van der Waals surface area contributed by atoms with Crippen molar-refractivity contribution in [2.45, 2.75) is 27.0 Å². The van der Waals surface area contributed by atoms with E-state index in [9.17, 15) is 4.39 Å². The topological polar surface area (TPSA) is 14.2 Å². The Hall–Kier alpha value is -1.35. The summed E-state index contributed by atoms with van der Waals surface area (Å²) in [5.41, 5.74) is 1.71. The summed E-state index contributed by atoms with van der Waals surface area (Å²) in [6, 6.07) is 7.17. The van der Waals surface area contributed by atoms with Crippen LogP contribution in [0.1, 0.15) is 19.5 Å². The highest BCUT2D eigenvalue weighted by atomic mass is 19.1. The third-order valence-electron chi connectivity index (χ3n) is 2.73. The molecule has 0 aliphatic heterocycles. The van der Waals surface area contributed by atoms with E-state index in [2.05, 4.69) is 0 Å². The molecule has 16 heavy (non-hydrogen) atoms. The quantitative estimate of drug-likeness (QED) is 0.772. The van der Waals surface area contributed by atoms with E-state index in [-0.39, 0.29) is 5.82 Å². The molecule has 0 N–H and O–H groups in total. The first-order valence-corrected chi connectivity index (χ1v) is 5.62. The molecule has 0 unspecified atom stereocenters. The Morgan fingerprint density at radius 3 is 2.81 bits per heavy atom. The molecule has 2 nitrogen and oxygen atoms in total. The Balaban J connectivity index is 2.53. The van der Waals surface area contributed by atoms with Gasteiger partial charge in [-0.05, 0) is 26.0 Å². The van der Waals surface area contributed by atoms with Gasteiger partial charge in [0.15, 0.2) is 0 Å². The number of hydrogen-bond acceptors (Lipinski definition) is 1. The number of aryl methyl sites for hydroxylation is 1. The highest BCUT2D eigenvalue weighted by molar-refractivity contribution is 5.81. The Labute approximate surface area is 94.6 Å². The molecule has 1 aromatic heterocycles. The van der Waals surface area contributed by atoms with E-state index >= 15 is 0 Å². The molecular formula is C13H16FNO. The fraction of sp³-hybridized carbons (Fsp3) is 0.385. The number of para-hydroxylation sites is 1. The molecular weight excluding hydrogens is 205 g/mol. The molecule has 0 saturated heterocycles. The molecule has 0 amide bonds. The minimum absolute atomic E-state index is 0.165. The van der Waals surface area contributed by atoms with Crippen molar-refractivity contribution < 1.29 is 9.13 Å². The van der Waals surface area contributed by atoms with Gasteiger partial charge >= 0.3 is 0 Å². The van der Waals surface area contributed by atoms with Gasteiger partial charge < -0.3 is 9.30 Å². The Kier molecular flexibility index (Phi) is 3.25. The van der Waals surface area contributed by atoms with Crippen LogP contribution in [0.4, 0.5) is 4.39 Å². The average Bonchev–Trinajstić information content (AvgIpc) is 2.65. The van der Waals surface area contributed by atoms with Gasteiger partial charge in [-0.25, -0.2) is 4.39 Å². The van der Waals surface area contributed by atoms with Crippen LogP contribution in [0.25, 0.3) is 10.9 Å². The number of halogens is 1. The van der Waals surface area contributed by atoms with Crippen molar-refractivity contribution in [3.8, 4) is 0 Å². The van der Waals surface area contributed by atoms with Crippen molar-refractivity contribution in [2.24, 2.45) is 0 Å². The molecule has 0 fully saturated rings. The lowest BCUT2D eigenvalue weighted by Crippen LogP contribution is -2.03. The Morgan fingerprint density at radius 2 is 2.12 bits per heavy atom. The first kappa shape index (κ1) is 11.1. The number of fused-ring (bicyclic) bond motifs is 1. The van der Waals surface area contributed by atoms with Crippen LogP contribution in [0.5, 0.6) is 0 Å². The number of benzene rings is 1. The second-order valence-electron chi connectivity index (χ2n) is 3.69. The van der Waals surface area contributed by atoms with Crippen LogP contribution in [-0.4, -0.2) is 11.2 Å². The fourth-order valence-electron chi connectivity index (χ4n) is 2.02. The lowest BCUT2D eigenvalue weighted by molar-refractivity contribution is 0.129. The van der Waals surface area contributed by atoms with Crippen LogP contribution in [0.2, 0.25) is 0 Å². The van der Waals surface area contributed by atoms with Crippen LogP contribution in [0.3, 0.4) is 0 Å². The van der Waals surface area contributed by atoms with Gasteiger partial charge in [-0.1, -0.05) is 12.1 Å². The van der Waals surface area contributed by atoms with Gasteiger partial charge in [0.2, 0.25) is 0 Å². The van der Waals surface area contributed by atoms with E-state index < -0.39 is 0 Å². The van der Waals surface area contributed by atoms with Gasteiger partial charge in [-0.15, -0.1) is 0 Å². The van der Waals surface area contributed by atoms with Crippen LogP contribution in [0, 0.1) is 5.82 Å². The molecule has 0 aliphatic carbocycles. The fourth-order valence-corrected chi connectivity index (χ4v) is 2.02. The zero-order valence-corrected chi connectivity index (χ0v) is 9.66.